The van der Waals surface area contributed by atoms with Crippen LogP contribution in [-0.4, -0.2) is 43.0 Å². The normalized spacial score (nSPS) is 18.1. The van der Waals surface area contributed by atoms with Crippen molar-refractivity contribution in [3.63, 3.8) is 0 Å². The summed E-state index contributed by atoms with van der Waals surface area (Å²) in [5.41, 5.74) is 3.05. The molecule has 4 rings (SSSR count). The van der Waals surface area contributed by atoms with Crippen LogP contribution < -0.4 is 9.75 Å². The van der Waals surface area contributed by atoms with Gasteiger partial charge in [-0.25, -0.2) is 0 Å². The average molecular weight is 365 g/mol. The second-order valence-electron chi connectivity index (χ2n) is 6.00. The number of rotatable bonds is 5. The molecule has 0 radical (unpaired) electrons. The molecule has 5 nitrogen and oxygen atoms in total. The molecule has 2 aromatic rings. The van der Waals surface area contributed by atoms with Crippen molar-refractivity contribution in [2.24, 2.45) is 5.10 Å². The van der Waals surface area contributed by atoms with Gasteiger partial charge in [0, 0.05) is 18.7 Å². The number of carbonyl (C=O) groups is 1. The Balaban J connectivity index is 1.83. The van der Waals surface area contributed by atoms with Gasteiger partial charge in [0.05, 0.1) is 23.4 Å². The third-order valence-electron chi connectivity index (χ3n) is 4.35. The van der Waals surface area contributed by atoms with E-state index in [1.165, 1.54) is 5.01 Å². The molecule has 0 aromatic heterocycles. The van der Waals surface area contributed by atoms with Crippen LogP contribution in [0.5, 0.6) is 5.75 Å². The molecule has 0 spiro atoms. The van der Waals surface area contributed by atoms with Crippen molar-refractivity contribution in [2.75, 3.05) is 31.5 Å². The van der Waals surface area contributed by atoms with E-state index in [2.05, 4.69) is 10.0 Å². The Hall–Kier alpha value is -2.73. The Morgan fingerprint density at radius 3 is 2.35 bits per heavy atom. The van der Waals surface area contributed by atoms with Gasteiger partial charge in [-0.15, -0.1) is 11.8 Å². The predicted molar refractivity (Wildman–Crippen MR) is 106 cm³/mol. The maximum Gasteiger partial charge on any atom is 0.283 e. The number of hydrogen-bond donors (Lipinski definition) is 0. The number of nitrogens with zero attached hydrogens (tertiary/aromatic N) is 3. The van der Waals surface area contributed by atoms with E-state index in [9.17, 15) is 4.79 Å². The van der Waals surface area contributed by atoms with E-state index in [0.717, 1.165) is 35.1 Å². The van der Waals surface area contributed by atoms with Crippen LogP contribution in [0.3, 0.4) is 0 Å². The molecule has 132 valence electrons. The van der Waals surface area contributed by atoms with Crippen LogP contribution in [-0.2, 0) is 4.79 Å². The van der Waals surface area contributed by atoms with E-state index in [1.54, 1.807) is 18.9 Å². The lowest BCUT2D eigenvalue weighted by Crippen LogP contribution is -2.23. The summed E-state index contributed by atoms with van der Waals surface area (Å²) in [4.78, 5) is 15.4. The smallest absolute Gasteiger partial charge is 0.283 e. The summed E-state index contributed by atoms with van der Waals surface area (Å²) in [6.07, 6.45) is 2.00. The van der Waals surface area contributed by atoms with Crippen molar-refractivity contribution >= 4 is 29.1 Å². The van der Waals surface area contributed by atoms with E-state index in [-0.39, 0.29) is 5.91 Å². The number of methoxy groups -OCH3 is 1. The van der Waals surface area contributed by atoms with Gasteiger partial charge in [-0.1, -0.05) is 18.2 Å². The molecule has 0 atom stereocenters. The molecule has 0 unspecified atom stereocenters. The fourth-order valence-electron chi connectivity index (χ4n) is 2.93. The summed E-state index contributed by atoms with van der Waals surface area (Å²) < 4.78 is 5.25. The summed E-state index contributed by atoms with van der Waals surface area (Å²) in [6.45, 7) is 1.96. The number of para-hydroxylation sites is 1. The van der Waals surface area contributed by atoms with E-state index >= 15 is 0 Å². The standard InChI is InChI=1S/C20H19N3O2S/c1-25-16-10-8-14(9-11-16)18-17(20(26-2)22-12-13-22)19(24)23(21-18)15-6-4-3-5-7-15/h3-11H,12-13H2,1-2H3/b20-17+. The Morgan fingerprint density at radius 2 is 1.77 bits per heavy atom. The van der Waals surface area contributed by atoms with E-state index in [1.807, 2.05) is 60.9 Å². The van der Waals surface area contributed by atoms with E-state index in [4.69, 9.17) is 4.74 Å². The van der Waals surface area contributed by atoms with Crippen molar-refractivity contribution < 1.29 is 9.53 Å². The fourth-order valence-corrected chi connectivity index (χ4v) is 3.76. The van der Waals surface area contributed by atoms with Gasteiger partial charge in [-0.05, 0) is 42.7 Å². The number of thioether (sulfide) groups is 1. The molecule has 0 N–H and O–H groups in total. The number of carbonyl (C=O) groups excluding carboxylic acids is 1. The first-order chi connectivity index (χ1) is 12.7. The van der Waals surface area contributed by atoms with Gasteiger partial charge in [0.1, 0.15) is 11.5 Å². The maximum absolute atomic E-state index is 13.2. The predicted octanol–water partition coefficient (Wildman–Crippen LogP) is 3.34. The molecule has 1 amide bonds. The molecule has 0 saturated carbocycles. The maximum atomic E-state index is 13.2. The lowest BCUT2D eigenvalue weighted by atomic mass is 10.0. The van der Waals surface area contributed by atoms with Crippen molar-refractivity contribution in [2.45, 2.75) is 0 Å². The van der Waals surface area contributed by atoms with E-state index < -0.39 is 0 Å². The van der Waals surface area contributed by atoms with Crippen LogP contribution in [0.2, 0.25) is 0 Å². The van der Waals surface area contributed by atoms with Gasteiger partial charge in [0.15, 0.2) is 0 Å². The number of ether oxygens (including phenoxy) is 1. The summed E-state index contributed by atoms with van der Waals surface area (Å²) in [6, 6.07) is 17.2. The van der Waals surface area contributed by atoms with Crippen LogP contribution in [0.15, 0.2) is 70.3 Å². The molecular formula is C20H19N3O2S. The number of anilines is 1. The highest BCUT2D eigenvalue weighted by atomic mass is 32.2. The highest BCUT2D eigenvalue weighted by molar-refractivity contribution is 8.02. The van der Waals surface area contributed by atoms with Crippen LogP contribution in [0, 0.1) is 0 Å². The van der Waals surface area contributed by atoms with Gasteiger partial charge in [0.2, 0.25) is 0 Å². The topological polar surface area (TPSA) is 44.9 Å². The third-order valence-corrected chi connectivity index (χ3v) is 5.20. The molecule has 6 heteroatoms. The lowest BCUT2D eigenvalue weighted by Gasteiger charge is -2.13. The Bertz CT molecular complexity index is 887. The largest absolute Gasteiger partial charge is 0.497 e. The zero-order valence-electron chi connectivity index (χ0n) is 14.7. The SMILES string of the molecule is COc1ccc(C2=NN(c3ccccc3)C(=O)/C2=C(/SC)N2CC2)cc1. The van der Waals surface area contributed by atoms with Crippen LogP contribution in [0.4, 0.5) is 5.69 Å². The molecule has 0 aliphatic carbocycles. The quantitative estimate of drug-likeness (QED) is 0.602. The van der Waals surface area contributed by atoms with Crippen LogP contribution in [0.1, 0.15) is 5.56 Å². The van der Waals surface area contributed by atoms with Gasteiger partial charge < -0.3 is 9.64 Å². The molecule has 1 fully saturated rings. The molecular weight excluding hydrogens is 346 g/mol. The van der Waals surface area contributed by atoms with Crippen molar-refractivity contribution in [3.8, 4) is 5.75 Å². The van der Waals surface area contributed by atoms with Gasteiger partial charge in [-0.2, -0.15) is 10.1 Å². The molecule has 0 bridgehead atoms. The third kappa shape index (κ3) is 2.97. The lowest BCUT2D eigenvalue weighted by molar-refractivity contribution is -0.114. The molecule has 2 aliphatic rings. The molecule has 26 heavy (non-hydrogen) atoms. The van der Waals surface area contributed by atoms with Crippen molar-refractivity contribution in [1.29, 1.82) is 0 Å². The molecule has 1 saturated heterocycles. The minimum Gasteiger partial charge on any atom is -0.497 e. The summed E-state index contributed by atoms with van der Waals surface area (Å²) >= 11 is 1.60. The summed E-state index contributed by atoms with van der Waals surface area (Å²) in [5.74, 6) is 0.693. The molecule has 2 heterocycles. The molecule has 2 aromatic carbocycles. The minimum absolute atomic E-state index is 0.0849. The Labute approximate surface area is 156 Å². The zero-order chi connectivity index (χ0) is 18.1. The van der Waals surface area contributed by atoms with Gasteiger partial charge >= 0.3 is 0 Å². The fraction of sp³-hybridized carbons (Fsp3) is 0.200. The minimum atomic E-state index is -0.0849. The average Bonchev–Trinajstić information content (AvgIpc) is 3.47. The number of hydrogen-bond acceptors (Lipinski definition) is 5. The van der Waals surface area contributed by atoms with Gasteiger partial charge in [0.25, 0.3) is 5.91 Å². The molecule has 2 aliphatic heterocycles. The number of amides is 1. The summed E-state index contributed by atoms with van der Waals surface area (Å²) in [5, 5.41) is 7.17. The Morgan fingerprint density at radius 1 is 1.08 bits per heavy atom. The van der Waals surface area contributed by atoms with Crippen LogP contribution >= 0.6 is 11.8 Å². The number of benzene rings is 2. The zero-order valence-corrected chi connectivity index (χ0v) is 15.5. The van der Waals surface area contributed by atoms with Crippen molar-refractivity contribution in [3.05, 3.63) is 70.8 Å². The first kappa shape index (κ1) is 16.7. The second-order valence-corrected chi connectivity index (χ2v) is 6.80. The monoisotopic (exact) mass is 365 g/mol. The first-order valence-electron chi connectivity index (χ1n) is 8.39. The van der Waals surface area contributed by atoms with Crippen LogP contribution in [0.25, 0.3) is 0 Å². The first-order valence-corrected chi connectivity index (χ1v) is 9.61. The van der Waals surface area contributed by atoms with Crippen molar-refractivity contribution in [1.82, 2.24) is 4.90 Å². The van der Waals surface area contributed by atoms with E-state index in [0.29, 0.717) is 11.3 Å². The highest BCUT2D eigenvalue weighted by Gasteiger charge is 2.37. The van der Waals surface area contributed by atoms with Gasteiger partial charge in [-0.3, -0.25) is 4.79 Å². The Kier molecular flexibility index (Phi) is 4.42. The highest BCUT2D eigenvalue weighted by Crippen LogP contribution is 2.35. The number of hydrazone groups is 1. The second kappa shape index (κ2) is 6.88. The summed E-state index contributed by atoms with van der Waals surface area (Å²) in [7, 11) is 1.64.